The Balaban J connectivity index is 0.00000242. The Labute approximate surface area is 148 Å². The average molecular weight is 394 g/mol. The SMILES string of the molecule is CNCC1CCN(Cc2cc(OC)c(OC)cc2Br)CC1.Cl. The van der Waals surface area contributed by atoms with E-state index in [1.165, 1.54) is 18.4 Å². The Morgan fingerprint density at radius 2 is 1.77 bits per heavy atom. The minimum Gasteiger partial charge on any atom is -0.493 e. The average Bonchev–Trinajstić information content (AvgIpc) is 2.51. The zero-order chi connectivity index (χ0) is 15.2. The predicted octanol–water partition coefficient (Wildman–Crippen LogP) is 3.32. The maximum atomic E-state index is 5.40. The number of likely N-dealkylation sites (tertiary alicyclic amines) is 1. The van der Waals surface area contributed by atoms with Crippen LogP contribution in [0.3, 0.4) is 0 Å². The molecule has 0 saturated carbocycles. The number of benzene rings is 1. The summed E-state index contributed by atoms with van der Waals surface area (Å²) in [4.78, 5) is 2.51. The lowest BCUT2D eigenvalue weighted by Gasteiger charge is -2.32. The fourth-order valence-electron chi connectivity index (χ4n) is 2.90. The van der Waals surface area contributed by atoms with Gasteiger partial charge in [0.1, 0.15) is 0 Å². The summed E-state index contributed by atoms with van der Waals surface area (Å²) in [6, 6.07) is 4.06. The quantitative estimate of drug-likeness (QED) is 0.804. The van der Waals surface area contributed by atoms with E-state index in [4.69, 9.17) is 9.47 Å². The summed E-state index contributed by atoms with van der Waals surface area (Å²) in [5.41, 5.74) is 1.25. The van der Waals surface area contributed by atoms with E-state index in [2.05, 4.69) is 32.2 Å². The monoisotopic (exact) mass is 392 g/mol. The van der Waals surface area contributed by atoms with Crippen LogP contribution in [0.1, 0.15) is 18.4 Å². The first-order chi connectivity index (χ1) is 10.2. The molecule has 1 aliphatic heterocycles. The smallest absolute Gasteiger partial charge is 0.161 e. The molecule has 1 saturated heterocycles. The molecule has 0 spiro atoms. The molecule has 1 aliphatic rings. The maximum Gasteiger partial charge on any atom is 0.161 e. The molecule has 0 aromatic heterocycles. The van der Waals surface area contributed by atoms with E-state index in [0.717, 1.165) is 48.1 Å². The van der Waals surface area contributed by atoms with Crippen LogP contribution in [0.25, 0.3) is 0 Å². The molecule has 1 heterocycles. The Morgan fingerprint density at radius 3 is 2.32 bits per heavy atom. The number of hydrogen-bond donors (Lipinski definition) is 1. The van der Waals surface area contributed by atoms with E-state index in [9.17, 15) is 0 Å². The van der Waals surface area contributed by atoms with Gasteiger partial charge in [0, 0.05) is 11.0 Å². The van der Waals surface area contributed by atoms with E-state index < -0.39 is 0 Å². The third-order valence-corrected chi connectivity index (χ3v) is 4.88. The summed E-state index contributed by atoms with van der Waals surface area (Å²) >= 11 is 3.64. The van der Waals surface area contributed by atoms with Gasteiger partial charge in [0.15, 0.2) is 11.5 Å². The number of hydrogen-bond acceptors (Lipinski definition) is 4. The van der Waals surface area contributed by atoms with E-state index in [0.29, 0.717) is 0 Å². The van der Waals surface area contributed by atoms with E-state index in [1.54, 1.807) is 14.2 Å². The molecule has 6 heteroatoms. The van der Waals surface area contributed by atoms with Crippen molar-refractivity contribution in [3.8, 4) is 11.5 Å². The molecular formula is C16H26BrClN2O2. The van der Waals surface area contributed by atoms with Crippen molar-refractivity contribution in [3.63, 3.8) is 0 Å². The van der Waals surface area contributed by atoms with Crippen LogP contribution >= 0.6 is 28.3 Å². The van der Waals surface area contributed by atoms with Gasteiger partial charge in [-0.25, -0.2) is 0 Å². The lowest BCUT2D eigenvalue weighted by Crippen LogP contribution is -2.36. The molecule has 0 bridgehead atoms. The molecule has 126 valence electrons. The highest BCUT2D eigenvalue weighted by atomic mass is 79.9. The molecule has 2 rings (SSSR count). The van der Waals surface area contributed by atoms with Gasteiger partial charge in [-0.15, -0.1) is 12.4 Å². The van der Waals surface area contributed by atoms with Gasteiger partial charge in [0.25, 0.3) is 0 Å². The topological polar surface area (TPSA) is 33.7 Å². The molecule has 0 aliphatic carbocycles. The molecule has 1 N–H and O–H groups in total. The lowest BCUT2D eigenvalue weighted by molar-refractivity contribution is 0.176. The number of methoxy groups -OCH3 is 2. The highest BCUT2D eigenvalue weighted by Gasteiger charge is 2.20. The minimum absolute atomic E-state index is 0. The van der Waals surface area contributed by atoms with Gasteiger partial charge in [0.05, 0.1) is 14.2 Å². The summed E-state index contributed by atoms with van der Waals surface area (Å²) in [5.74, 6) is 2.38. The standard InChI is InChI=1S/C16H25BrN2O2.ClH/c1-18-10-12-4-6-19(7-5-12)11-13-8-15(20-2)16(21-3)9-14(13)17;/h8-9,12,18H,4-7,10-11H2,1-3H3;1H. The van der Waals surface area contributed by atoms with Crippen molar-refractivity contribution in [2.45, 2.75) is 19.4 Å². The van der Waals surface area contributed by atoms with Crippen LogP contribution in [0, 0.1) is 5.92 Å². The Morgan fingerprint density at radius 1 is 1.18 bits per heavy atom. The van der Waals surface area contributed by atoms with Crippen LogP contribution < -0.4 is 14.8 Å². The van der Waals surface area contributed by atoms with Crippen molar-refractivity contribution >= 4 is 28.3 Å². The molecule has 0 radical (unpaired) electrons. The number of halogens is 2. The van der Waals surface area contributed by atoms with Crippen molar-refractivity contribution in [2.75, 3.05) is 40.9 Å². The van der Waals surface area contributed by atoms with Crippen LogP contribution in [-0.2, 0) is 6.54 Å². The van der Waals surface area contributed by atoms with E-state index >= 15 is 0 Å². The second-order valence-electron chi connectivity index (χ2n) is 5.58. The van der Waals surface area contributed by atoms with Gasteiger partial charge in [0.2, 0.25) is 0 Å². The molecule has 0 amide bonds. The van der Waals surface area contributed by atoms with Crippen LogP contribution in [0.15, 0.2) is 16.6 Å². The Kier molecular flexibility index (Phi) is 8.54. The van der Waals surface area contributed by atoms with Crippen molar-refractivity contribution in [2.24, 2.45) is 5.92 Å². The minimum atomic E-state index is 0. The van der Waals surface area contributed by atoms with Crippen molar-refractivity contribution in [1.29, 1.82) is 0 Å². The zero-order valence-electron chi connectivity index (χ0n) is 13.5. The van der Waals surface area contributed by atoms with Gasteiger partial charge >= 0.3 is 0 Å². The summed E-state index contributed by atoms with van der Waals surface area (Å²) in [6.45, 7) is 4.40. The van der Waals surface area contributed by atoms with Gasteiger partial charge in [-0.05, 0) is 63.1 Å². The molecule has 1 fully saturated rings. The molecular weight excluding hydrogens is 368 g/mol. The Hall–Kier alpha value is -0.490. The zero-order valence-corrected chi connectivity index (χ0v) is 15.9. The first kappa shape index (κ1) is 19.6. The third-order valence-electron chi connectivity index (χ3n) is 4.15. The number of ether oxygens (including phenoxy) is 2. The number of nitrogens with zero attached hydrogens (tertiary/aromatic N) is 1. The lowest BCUT2D eigenvalue weighted by atomic mass is 9.96. The molecule has 1 aromatic rings. The van der Waals surface area contributed by atoms with Crippen LogP contribution in [-0.4, -0.2) is 45.8 Å². The van der Waals surface area contributed by atoms with Gasteiger partial charge in [-0.3, -0.25) is 4.90 Å². The predicted molar refractivity (Wildman–Crippen MR) is 96.4 cm³/mol. The fraction of sp³-hybridized carbons (Fsp3) is 0.625. The first-order valence-corrected chi connectivity index (χ1v) is 8.24. The molecule has 4 nitrogen and oxygen atoms in total. The molecule has 1 aromatic carbocycles. The van der Waals surface area contributed by atoms with Gasteiger partial charge < -0.3 is 14.8 Å². The fourth-order valence-corrected chi connectivity index (χ4v) is 3.34. The molecule has 0 unspecified atom stereocenters. The second-order valence-corrected chi connectivity index (χ2v) is 6.43. The third kappa shape index (κ3) is 5.01. The van der Waals surface area contributed by atoms with Crippen molar-refractivity contribution in [3.05, 3.63) is 22.2 Å². The number of rotatable bonds is 6. The largest absolute Gasteiger partial charge is 0.493 e. The summed E-state index contributed by atoms with van der Waals surface area (Å²) in [7, 11) is 5.38. The summed E-state index contributed by atoms with van der Waals surface area (Å²) in [6.07, 6.45) is 2.54. The highest BCUT2D eigenvalue weighted by molar-refractivity contribution is 9.10. The number of piperidine rings is 1. The highest BCUT2D eigenvalue weighted by Crippen LogP contribution is 2.34. The van der Waals surface area contributed by atoms with Crippen LogP contribution in [0.4, 0.5) is 0 Å². The van der Waals surface area contributed by atoms with Crippen molar-refractivity contribution in [1.82, 2.24) is 10.2 Å². The van der Waals surface area contributed by atoms with Gasteiger partial charge in [-0.2, -0.15) is 0 Å². The van der Waals surface area contributed by atoms with Crippen LogP contribution in [0.5, 0.6) is 11.5 Å². The second kappa shape index (κ2) is 9.60. The summed E-state index contributed by atoms with van der Waals surface area (Å²) in [5, 5.41) is 3.28. The maximum absolute atomic E-state index is 5.40. The Bertz CT molecular complexity index is 466. The van der Waals surface area contributed by atoms with E-state index in [1.807, 2.05) is 13.1 Å². The normalized spacial score (nSPS) is 16.2. The molecule has 0 atom stereocenters. The van der Waals surface area contributed by atoms with Crippen molar-refractivity contribution < 1.29 is 9.47 Å². The van der Waals surface area contributed by atoms with E-state index in [-0.39, 0.29) is 12.4 Å². The molecule has 22 heavy (non-hydrogen) atoms. The van der Waals surface area contributed by atoms with Crippen LogP contribution in [0.2, 0.25) is 0 Å². The summed E-state index contributed by atoms with van der Waals surface area (Å²) < 4.78 is 11.8. The van der Waals surface area contributed by atoms with Gasteiger partial charge in [-0.1, -0.05) is 15.9 Å². The number of nitrogens with one attached hydrogen (secondary N) is 1. The first-order valence-electron chi connectivity index (χ1n) is 7.45.